The highest BCUT2D eigenvalue weighted by molar-refractivity contribution is 7.85. The van der Waals surface area contributed by atoms with E-state index in [-0.39, 0.29) is 19.4 Å². The maximum atomic E-state index is 12.8. The molecular formula is C47H74O12S. The number of carbonyl (C=O) groups excluding carboxylic acids is 2. The smallest absolute Gasteiger partial charge is 0.306 e. The average Bonchev–Trinajstić information content (AvgIpc) is 3.21. The van der Waals surface area contributed by atoms with Gasteiger partial charge in [-0.25, -0.2) is 0 Å². The van der Waals surface area contributed by atoms with Crippen molar-refractivity contribution in [1.29, 1.82) is 0 Å². The average molecular weight is 863 g/mol. The van der Waals surface area contributed by atoms with E-state index in [1.54, 1.807) is 0 Å². The van der Waals surface area contributed by atoms with Crippen LogP contribution in [-0.2, 0) is 38.7 Å². The highest BCUT2D eigenvalue weighted by atomic mass is 32.2. The SMILES string of the molecule is CC/C=C/C/C=C/C/C=C/C/C=C/C/C=C/CCCC(=O)O[C@H](COC(=O)CCCC/C=C/C/C=C/C/C=C/CCCCC)CO[C@H]1O[C@H](CS(=O)(=O)O)[C@@H](O)C(O)C1O. The molecule has 4 N–H and O–H groups in total. The Bertz CT molecular complexity index is 1480. The summed E-state index contributed by atoms with van der Waals surface area (Å²) in [6, 6.07) is 0. The molecule has 0 saturated carbocycles. The summed E-state index contributed by atoms with van der Waals surface area (Å²) in [5, 5.41) is 30.8. The van der Waals surface area contributed by atoms with Gasteiger partial charge in [-0.05, 0) is 89.9 Å². The number of allylic oxidation sites excluding steroid dienone is 16. The molecule has 0 radical (unpaired) electrons. The molecule has 6 atom stereocenters. The van der Waals surface area contributed by atoms with Gasteiger partial charge in [-0.15, -0.1) is 0 Å². The van der Waals surface area contributed by atoms with E-state index in [1.165, 1.54) is 19.3 Å². The minimum absolute atomic E-state index is 0.0716. The van der Waals surface area contributed by atoms with Gasteiger partial charge in [-0.1, -0.05) is 124 Å². The summed E-state index contributed by atoms with van der Waals surface area (Å²) in [7, 11) is -4.62. The number of esters is 2. The third-order valence-electron chi connectivity index (χ3n) is 9.15. The summed E-state index contributed by atoms with van der Waals surface area (Å²) < 4.78 is 53.9. The molecule has 1 aliphatic rings. The first-order valence-electron chi connectivity index (χ1n) is 21.8. The topological polar surface area (TPSA) is 186 Å². The standard InChI is InChI=1S/C47H74O12S/c1-3-5-7-9-11-13-15-17-19-20-22-24-26-28-30-32-34-36-43(49)58-40(38-57-47-46(52)45(51)44(50)41(59-47)39-60(53,54)55)37-56-42(48)35-33-31-29-27-25-23-21-18-16-14-12-10-8-6-4-2/h5,7,11-14,17-19,21-22,24-25,27-28,30,40-41,44-47,50-52H,3-4,6,8-10,15-16,20,23,26,29,31-39H2,1-2H3,(H,53,54,55)/b7-5+,13-11+,14-12+,19-17+,21-18+,24-22+,27-25+,30-28+/t40-,41-,44-,45?,46?,47+/m1/s1. The van der Waals surface area contributed by atoms with E-state index in [0.29, 0.717) is 19.3 Å². The van der Waals surface area contributed by atoms with Crippen molar-refractivity contribution >= 4 is 22.1 Å². The maximum Gasteiger partial charge on any atom is 0.306 e. The summed E-state index contributed by atoms with van der Waals surface area (Å²) in [6.07, 6.45) is 38.9. The normalized spacial score (nSPS) is 21.1. The van der Waals surface area contributed by atoms with Crippen molar-refractivity contribution in [3.05, 3.63) is 97.2 Å². The van der Waals surface area contributed by atoms with Gasteiger partial charge in [0.05, 0.1) is 6.61 Å². The van der Waals surface area contributed by atoms with Gasteiger partial charge in [0.25, 0.3) is 10.1 Å². The number of unbranched alkanes of at least 4 members (excludes halogenated alkanes) is 6. The van der Waals surface area contributed by atoms with Crippen LogP contribution in [0.25, 0.3) is 0 Å². The van der Waals surface area contributed by atoms with Gasteiger partial charge in [0.1, 0.15) is 36.8 Å². The number of rotatable bonds is 34. The summed E-state index contributed by atoms with van der Waals surface area (Å²) in [6.45, 7) is 3.51. The van der Waals surface area contributed by atoms with Crippen molar-refractivity contribution < 1.29 is 56.8 Å². The largest absolute Gasteiger partial charge is 0.462 e. The van der Waals surface area contributed by atoms with Crippen LogP contribution in [0.5, 0.6) is 0 Å². The van der Waals surface area contributed by atoms with Gasteiger partial charge in [0, 0.05) is 12.8 Å². The van der Waals surface area contributed by atoms with Crippen molar-refractivity contribution in [2.45, 2.75) is 166 Å². The molecule has 0 aromatic rings. The van der Waals surface area contributed by atoms with Crippen LogP contribution in [-0.4, -0.2) is 96.0 Å². The minimum Gasteiger partial charge on any atom is -0.462 e. The number of aliphatic hydroxyl groups excluding tert-OH is 3. The predicted octanol–water partition coefficient (Wildman–Crippen LogP) is 8.66. The Morgan fingerprint density at radius 1 is 0.583 bits per heavy atom. The lowest BCUT2D eigenvalue weighted by molar-refractivity contribution is -0.297. The summed E-state index contributed by atoms with van der Waals surface area (Å²) in [5.41, 5.74) is 0. The first-order chi connectivity index (χ1) is 29.0. The molecule has 2 unspecified atom stereocenters. The molecular weight excluding hydrogens is 789 g/mol. The van der Waals surface area contributed by atoms with Crippen molar-refractivity contribution in [3.8, 4) is 0 Å². The van der Waals surface area contributed by atoms with Crippen LogP contribution < -0.4 is 0 Å². The molecule has 0 spiro atoms. The number of ether oxygens (including phenoxy) is 4. The zero-order valence-electron chi connectivity index (χ0n) is 36.0. The minimum atomic E-state index is -4.62. The highest BCUT2D eigenvalue weighted by Crippen LogP contribution is 2.23. The van der Waals surface area contributed by atoms with Gasteiger partial charge in [-0.2, -0.15) is 8.42 Å². The molecule has 1 heterocycles. The van der Waals surface area contributed by atoms with E-state index in [4.69, 9.17) is 18.9 Å². The summed E-state index contributed by atoms with van der Waals surface area (Å²) in [5.74, 6) is -2.13. The Morgan fingerprint density at radius 2 is 1.05 bits per heavy atom. The first-order valence-corrected chi connectivity index (χ1v) is 23.4. The third kappa shape index (κ3) is 30.6. The fourth-order valence-electron chi connectivity index (χ4n) is 5.78. The lowest BCUT2D eigenvalue weighted by Crippen LogP contribution is -2.60. The molecule has 12 nitrogen and oxygen atoms in total. The molecule has 0 bridgehead atoms. The van der Waals surface area contributed by atoms with E-state index in [1.807, 2.05) is 12.2 Å². The van der Waals surface area contributed by atoms with Crippen LogP contribution in [0, 0.1) is 0 Å². The van der Waals surface area contributed by atoms with E-state index >= 15 is 0 Å². The quantitative estimate of drug-likeness (QED) is 0.0209. The third-order valence-corrected chi connectivity index (χ3v) is 9.90. The van der Waals surface area contributed by atoms with E-state index < -0.39 is 71.2 Å². The monoisotopic (exact) mass is 862 g/mol. The van der Waals surface area contributed by atoms with Gasteiger partial charge in [0.15, 0.2) is 12.4 Å². The Balaban J connectivity index is 2.56. The fourth-order valence-corrected chi connectivity index (χ4v) is 6.47. The van der Waals surface area contributed by atoms with E-state index in [2.05, 4.69) is 98.9 Å². The summed E-state index contributed by atoms with van der Waals surface area (Å²) in [4.78, 5) is 25.3. The fraction of sp³-hybridized carbons (Fsp3) is 0.617. The Hall–Kier alpha value is -3.43. The molecule has 0 aromatic heterocycles. The van der Waals surface area contributed by atoms with Crippen molar-refractivity contribution in [2.75, 3.05) is 19.0 Å². The molecule has 1 saturated heterocycles. The van der Waals surface area contributed by atoms with Crippen LogP contribution in [0.3, 0.4) is 0 Å². The van der Waals surface area contributed by atoms with Crippen LogP contribution in [0.4, 0.5) is 0 Å². The molecule has 340 valence electrons. The molecule has 1 aliphatic heterocycles. The van der Waals surface area contributed by atoms with Gasteiger partial charge in [-0.3, -0.25) is 14.1 Å². The maximum absolute atomic E-state index is 12.8. The second-order valence-corrected chi connectivity index (χ2v) is 16.1. The first kappa shape index (κ1) is 54.6. The Morgan fingerprint density at radius 3 is 1.55 bits per heavy atom. The molecule has 0 amide bonds. The second-order valence-electron chi connectivity index (χ2n) is 14.6. The van der Waals surface area contributed by atoms with Gasteiger partial charge in [0.2, 0.25) is 0 Å². The van der Waals surface area contributed by atoms with E-state index in [9.17, 15) is 37.9 Å². The summed E-state index contributed by atoms with van der Waals surface area (Å²) >= 11 is 0. The van der Waals surface area contributed by atoms with Crippen molar-refractivity contribution in [2.24, 2.45) is 0 Å². The molecule has 0 aliphatic carbocycles. The Labute approximate surface area is 360 Å². The van der Waals surface area contributed by atoms with Gasteiger partial charge >= 0.3 is 11.9 Å². The predicted molar refractivity (Wildman–Crippen MR) is 237 cm³/mol. The van der Waals surface area contributed by atoms with Crippen molar-refractivity contribution in [3.63, 3.8) is 0 Å². The number of carbonyl (C=O) groups is 2. The Kier molecular flexibility index (Phi) is 33.0. The zero-order chi connectivity index (χ0) is 44.1. The van der Waals surface area contributed by atoms with Gasteiger partial charge < -0.3 is 34.3 Å². The second kappa shape index (κ2) is 36.2. The number of hydrogen-bond acceptors (Lipinski definition) is 11. The zero-order valence-corrected chi connectivity index (χ0v) is 36.8. The molecule has 0 aromatic carbocycles. The molecule has 1 rings (SSSR count). The molecule has 1 fully saturated rings. The van der Waals surface area contributed by atoms with Crippen LogP contribution in [0.1, 0.15) is 129 Å². The number of hydrogen-bond donors (Lipinski definition) is 4. The molecule has 13 heteroatoms. The lowest BCUT2D eigenvalue weighted by Gasteiger charge is -2.40. The lowest BCUT2D eigenvalue weighted by atomic mass is 10.00. The van der Waals surface area contributed by atoms with E-state index in [0.717, 1.165) is 64.2 Å². The van der Waals surface area contributed by atoms with Crippen LogP contribution >= 0.6 is 0 Å². The van der Waals surface area contributed by atoms with Crippen molar-refractivity contribution in [1.82, 2.24) is 0 Å². The highest BCUT2D eigenvalue weighted by Gasteiger charge is 2.46. The van der Waals surface area contributed by atoms with Crippen LogP contribution in [0.2, 0.25) is 0 Å². The van der Waals surface area contributed by atoms with Crippen LogP contribution in [0.15, 0.2) is 97.2 Å². The number of aliphatic hydroxyl groups is 3. The molecule has 60 heavy (non-hydrogen) atoms.